The second-order valence-corrected chi connectivity index (χ2v) is 7.61. The fourth-order valence-electron chi connectivity index (χ4n) is 2.42. The monoisotopic (exact) mass is 376 g/mol. The number of hydrogen-bond acceptors (Lipinski definition) is 5. The summed E-state index contributed by atoms with van der Waals surface area (Å²) in [6, 6.07) is 11.0. The summed E-state index contributed by atoms with van der Waals surface area (Å²) >= 11 is 0. The summed E-state index contributed by atoms with van der Waals surface area (Å²) in [6.45, 7) is 0. The van der Waals surface area contributed by atoms with E-state index < -0.39 is 10.0 Å². The Labute approximate surface area is 152 Å². The number of carbonyl (C=O) groups is 1. The van der Waals surface area contributed by atoms with Crippen LogP contribution in [0.15, 0.2) is 47.4 Å². The van der Waals surface area contributed by atoms with Crippen LogP contribution in [0.1, 0.15) is 12.8 Å². The van der Waals surface area contributed by atoms with E-state index in [1.165, 1.54) is 26.4 Å². The Morgan fingerprint density at radius 2 is 1.65 bits per heavy atom. The third-order valence-electron chi connectivity index (χ3n) is 4.01. The van der Waals surface area contributed by atoms with E-state index in [0.29, 0.717) is 17.1 Å². The van der Waals surface area contributed by atoms with Crippen molar-refractivity contribution in [3.8, 4) is 11.5 Å². The molecule has 0 aromatic heterocycles. The average molecular weight is 376 g/mol. The van der Waals surface area contributed by atoms with Crippen molar-refractivity contribution in [1.29, 1.82) is 0 Å². The summed E-state index contributed by atoms with van der Waals surface area (Å²) in [5.74, 6) is 0.738. The number of hydrogen-bond donors (Lipinski definition) is 2. The number of amides is 1. The molecule has 2 aromatic carbocycles. The third kappa shape index (κ3) is 4.08. The zero-order chi connectivity index (χ0) is 18.7. The van der Waals surface area contributed by atoms with Gasteiger partial charge in [0.2, 0.25) is 5.91 Å². The van der Waals surface area contributed by atoms with Crippen molar-refractivity contribution in [2.45, 2.75) is 17.7 Å². The minimum atomic E-state index is -3.91. The summed E-state index contributed by atoms with van der Waals surface area (Å²) < 4.78 is 38.3. The van der Waals surface area contributed by atoms with E-state index >= 15 is 0 Å². The Morgan fingerprint density at radius 1 is 1.00 bits per heavy atom. The molecule has 0 heterocycles. The summed E-state index contributed by atoms with van der Waals surface area (Å²) in [5, 5.41) is 2.74. The zero-order valence-corrected chi connectivity index (χ0v) is 15.3. The number of sulfonamides is 1. The first-order valence-electron chi connectivity index (χ1n) is 8.09. The minimum absolute atomic E-state index is 0.0228. The molecule has 1 aliphatic carbocycles. The largest absolute Gasteiger partial charge is 0.497 e. The quantitative estimate of drug-likeness (QED) is 0.775. The van der Waals surface area contributed by atoms with Crippen molar-refractivity contribution in [3.05, 3.63) is 42.5 Å². The van der Waals surface area contributed by atoms with E-state index in [1.807, 2.05) is 0 Å². The Balaban J connectivity index is 1.87. The number of rotatable bonds is 7. The molecule has 26 heavy (non-hydrogen) atoms. The molecule has 2 N–H and O–H groups in total. The molecule has 7 nitrogen and oxygen atoms in total. The maximum Gasteiger partial charge on any atom is 0.265 e. The van der Waals surface area contributed by atoms with Gasteiger partial charge in [-0.1, -0.05) is 0 Å². The van der Waals surface area contributed by atoms with Gasteiger partial charge in [-0.05, 0) is 55.3 Å². The van der Waals surface area contributed by atoms with Crippen LogP contribution in [0.2, 0.25) is 0 Å². The van der Waals surface area contributed by atoms with Crippen LogP contribution in [0.3, 0.4) is 0 Å². The zero-order valence-electron chi connectivity index (χ0n) is 14.5. The molecule has 0 radical (unpaired) electrons. The van der Waals surface area contributed by atoms with Crippen LogP contribution in [0.5, 0.6) is 11.5 Å². The number of carbonyl (C=O) groups excluding carboxylic acids is 1. The Bertz CT molecular complexity index is 906. The van der Waals surface area contributed by atoms with Crippen molar-refractivity contribution in [2.24, 2.45) is 5.92 Å². The summed E-state index contributed by atoms with van der Waals surface area (Å²) in [7, 11) is -0.979. The molecule has 1 aliphatic rings. The first kappa shape index (κ1) is 18.1. The van der Waals surface area contributed by atoms with Crippen molar-refractivity contribution in [1.82, 2.24) is 0 Å². The number of methoxy groups -OCH3 is 2. The second-order valence-electron chi connectivity index (χ2n) is 5.96. The molecule has 0 saturated heterocycles. The second kappa shape index (κ2) is 7.25. The highest BCUT2D eigenvalue weighted by atomic mass is 32.2. The van der Waals surface area contributed by atoms with Gasteiger partial charge in [0.15, 0.2) is 0 Å². The van der Waals surface area contributed by atoms with Gasteiger partial charge in [0.1, 0.15) is 16.4 Å². The van der Waals surface area contributed by atoms with E-state index in [4.69, 9.17) is 9.47 Å². The lowest BCUT2D eigenvalue weighted by Crippen LogP contribution is -2.16. The molecule has 138 valence electrons. The predicted molar refractivity (Wildman–Crippen MR) is 98.2 cm³/mol. The van der Waals surface area contributed by atoms with Crippen LogP contribution in [0.25, 0.3) is 0 Å². The maximum atomic E-state index is 12.8. The van der Waals surface area contributed by atoms with E-state index in [9.17, 15) is 13.2 Å². The molecule has 0 bridgehead atoms. The number of ether oxygens (including phenoxy) is 2. The van der Waals surface area contributed by atoms with Gasteiger partial charge in [0.25, 0.3) is 10.0 Å². The molecule has 1 fully saturated rings. The molecule has 3 rings (SSSR count). The fraction of sp³-hybridized carbons (Fsp3) is 0.278. The van der Waals surface area contributed by atoms with E-state index in [1.54, 1.807) is 30.3 Å². The van der Waals surface area contributed by atoms with Gasteiger partial charge >= 0.3 is 0 Å². The first-order chi connectivity index (χ1) is 12.4. The molecule has 0 atom stereocenters. The first-order valence-corrected chi connectivity index (χ1v) is 9.57. The van der Waals surface area contributed by atoms with Gasteiger partial charge in [-0.2, -0.15) is 0 Å². The molecular formula is C18H20N2O5S. The Hall–Kier alpha value is -2.74. The predicted octanol–water partition coefficient (Wildman–Crippen LogP) is 2.85. The Kier molecular flexibility index (Phi) is 5.03. The fourth-order valence-corrected chi connectivity index (χ4v) is 3.68. The topological polar surface area (TPSA) is 93.7 Å². The highest BCUT2D eigenvalue weighted by molar-refractivity contribution is 7.92. The van der Waals surface area contributed by atoms with E-state index in [2.05, 4.69) is 10.0 Å². The lowest BCUT2D eigenvalue weighted by atomic mass is 10.3. The SMILES string of the molecule is COc1ccc(NS(=O)(=O)c2cc(NC(=O)C3CC3)ccc2OC)cc1. The summed E-state index contributed by atoms with van der Waals surface area (Å²) in [4.78, 5) is 11.9. The van der Waals surface area contributed by atoms with E-state index in [0.717, 1.165) is 12.8 Å². The maximum absolute atomic E-state index is 12.8. The normalized spacial score (nSPS) is 13.8. The molecule has 2 aromatic rings. The van der Waals surface area contributed by atoms with Crippen LogP contribution in [-0.4, -0.2) is 28.5 Å². The lowest BCUT2D eigenvalue weighted by molar-refractivity contribution is -0.117. The third-order valence-corrected chi connectivity index (χ3v) is 5.41. The molecule has 0 spiro atoms. The number of nitrogens with one attached hydrogen (secondary N) is 2. The highest BCUT2D eigenvalue weighted by Gasteiger charge is 2.30. The van der Waals surface area contributed by atoms with Crippen LogP contribution in [-0.2, 0) is 14.8 Å². The number of benzene rings is 2. The van der Waals surface area contributed by atoms with Gasteiger partial charge in [-0.15, -0.1) is 0 Å². The molecule has 1 amide bonds. The smallest absolute Gasteiger partial charge is 0.265 e. The van der Waals surface area contributed by atoms with Crippen LogP contribution in [0.4, 0.5) is 11.4 Å². The standard InChI is InChI=1S/C18H20N2O5S/c1-24-15-8-5-13(6-9-15)20-26(22,23)17-11-14(7-10-16(17)25-2)19-18(21)12-3-4-12/h5-12,20H,3-4H2,1-2H3,(H,19,21). The highest BCUT2D eigenvalue weighted by Crippen LogP contribution is 2.32. The van der Waals surface area contributed by atoms with Crippen LogP contribution >= 0.6 is 0 Å². The molecular weight excluding hydrogens is 356 g/mol. The van der Waals surface area contributed by atoms with Crippen LogP contribution in [0, 0.1) is 5.92 Å². The van der Waals surface area contributed by atoms with Crippen molar-refractivity contribution in [2.75, 3.05) is 24.3 Å². The average Bonchev–Trinajstić information content (AvgIpc) is 3.47. The van der Waals surface area contributed by atoms with Crippen LogP contribution < -0.4 is 19.5 Å². The van der Waals surface area contributed by atoms with Gasteiger partial charge in [0.05, 0.1) is 14.2 Å². The molecule has 0 unspecified atom stereocenters. The molecule has 1 saturated carbocycles. The van der Waals surface area contributed by atoms with Gasteiger partial charge < -0.3 is 14.8 Å². The van der Waals surface area contributed by atoms with Gasteiger partial charge in [0, 0.05) is 17.3 Å². The van der Waals surface area contributed by atoms with Crippen molar-refractivity contribution in [3.63, 3.8) is 0 Å². The van der Waals surface area contributed by atoms with Crippen molar-refractivity contribution >= 4 is 27.3 Å². The van der Waals surface area contributed by atoms with Gasteiger partial charge in [-0.3, -0.25) is 9.52 Å². The molecule has 8 heteroatoms. The summed E-state index contributed by atoms with van der Waals surface area (Å²) in [5.41, 5.74) is 0.804. The Morgan fingerprint density at radius 3 is 2.23 bits per heavy atom. The summed E-state index contributed by atoms with van der Waals surface area (Å²) in [6.07, 6.45) is 1.73. The molecule has 0 aliphatic heterocycles. The lowest BCUT2D eigenvalue weighted by Gasteiger charge is -2.14. The number of anilines is 2. The minimum Gasteiger partial charge on any atom is -0.497 e. The van der Waals surface area contributed by atoms with Gasteiger partial charge in [-0.25, -0.2) is 8.42 Å². The van der Waals surface area contributed by atoms with Crippen molar-refractivity contribution < 1.29 is 22.7 Å². The van der Waals surface area contributed by atoms with E-state index in [-0.39, 0.29) is 22.5 Å².